The van der Waals surface area contributed by atoms with Gasteiger partial charge in [0.1, 0.15) is 11.9 Å². The summed E-state index contributed by atoms with van der Waals surface area (Å²) in [5, 5.41) is 0. The first-order chi connectivity index (χ1) is 11.4. The van der Waals surface area contributed by atoms with E-state index in [1.165, 1.54) is 10.4 Å². The summed E-state index contributed by atoms with van der Waals surface area (Å²) >= 11 is 0. The van der Waals surface area contributed by atoms with Crippen molar-refractivity contribution in [2.45, 2.75) is 24.8 Å². The van der Waals surface area contributed by atoms with Crippen molar-refractivity contribution < 1.29 is 13.2 Å². The molecule has 3 rings (SSSR count). The van der Waals surface area contributed by atoms with E-state index in [1.807, 2.05) is 0 Å². The number of rotatable bonds is 3. The Labute approximate surface area is 140 Å². The van der Waals surface area contributed by atoms with E-state index in [1.54, 1.807) is 38.1 Å². The summed E-state index contributed by atoms with van der Waals surface area (Å²) < 4.78 is 32.8. The van der Waals surface area contributed by atoms with E-state index in [-0.39, 0.29) is 25.3 Å². The van der Waals surface area contributed by atoms with Crippen LogP contribution in [0.3, 0.4) is 0 Å². The number of nitrogens with zero attached hydrogens (tertiary/aromatic N) is 2. The Morgan fingerprint density at radius 2 is 2.04 bits per heavy atom. The Bertz CT molecular complexity index is 908. The molecule has 8 heteroatoms. The van der Waals surface area contributed by atoms with Crippen LogP contribution in [0.4, 0.5) is 0 Å². The zero-order chi connectivity index (χ0) is 17.3. The fraction of sp³-hybridized carbons (Fsp3) is 0.375. The molecular weight excluding hydrogens is 330 g/mol. The van der Waals surface area contributed by atoms with Crippen LogP contribution in [-0.4, -0.2) is 42.4 Å². The molecule has 2 aromatic rings. The third kappa shape index (κ3) is 3.26. The van der Waals surface area contributed by atoms with Crippen LogP contribution in [0.15, 0.2) is 40.0 Å². The van der Waals surface area contributed by atoms with E-state index in [9.17, 15) is 13.2 Å². The molecule has 0 aliphatic carbocycles. The Morgan fingerprint density at radius 1 is 1.29 bits per heavy atom. The number of aromatic nitrogens is 2. The molecule has 1 saturated heterocycles. The first kappa shape index (κ1) is 16.8. The fourth-order valence-electron chi connectivity index (χ4n) is 2.78. The summed E-state index contributed by atoms with van der Waals surface area (Å²) in [6.07, 6.45) is -0.557. The van der Waals surface area contributed by atoms with E-state index >= 15 is 0 Å². The fourth-order valence-corrected chi connectivity index (χ4v) is 4.43. The molecule has 0 radical (unpaired) electrons. The molecule has 2 heterocycles. The van der Waals surface area contributed by atoms with E-state index < -0.39 is 16.1 Å². The number of H-pyrrole nitrogens is 1. The monoisotopic (exact) mass is 349 g/mol. The maximum atomic E-state index is 12.9. The number of hydrogen-bond donors (Lipinski definition) is 1. The summed E-state index contributed by atoms with van der Waals surface area (Å²) in [6, 6.07) is 8.23. The number of aromatic amines is 1. The lowest BCUT2D eigenvalue weighted by molar-refractivity contribution is -0.00516. The predicted octanol–water partition coefficient (Wildman–Crippen LogP) is 1.15. The van der Waals surface area contributed by atoms with Crippen LogP contribution in [-0.2, 0) is 14.8 Å². The van der Waals surface area contributed by atoms with Gasteiger partial charge in [-0.3, -0.25) is 4.79 Å². The van der Waals surface area contributed by atoms with E-state index in [0.717, 1.165) is 0 Å². The van der Waals surface area contributed by atoms with Crippen molar-refractivity contribution in [3.05, 3.63) is 57.8 Å². The van der Waals surface area contributed by atoms with Gasteiger partial charge in [-0.25, -0.2) is 13.4 Å². The van der Waals surface area contributed by atoms with Crippen molar-refractivity contribution in [3.8, 4) is 0 Å². The first-order valence-corrected chi connectivity index (χ1v) is 9.07. The van der Waals surface area contributed by atoms with Gasteiger partial charge in [0.25, 0.3) is 5.56 Å². The van der Waals surface area contributed by atoms with Crippen molar-refractivity contribution >= 4 is 10.0 Å². The summed E-state index contributed by atoms with van der Waals surface area (Å²) in [6.45, 7) is 4.10. The molecule has 24 heavy (non-hydrogen) atoms. The second-order valence-electron chi connectivity index (χ2n) is 5.74. The number of benzene rings is 1. The van der Waals surface area contributed by atoms with Crippen molar-refractivity contribution in [1.29, 1.82) is 0 Å². The Kier molecular flexibility index (Phi) is 4.53. The lowest BCUT2D eigenvalue weighted by Gasteiger charge is -2.32. The Balaban J connectivity index is 1.91. The maximum absolute atomic E-state index is 12.9. The predicted molar refractivity (Wildman–Crippen MR) is 88.2 cm³/mol. The van der Waals surface area contributed by atoms with Crippen molar-refractivity contribution in [2.24, 2.45) is 0 Å². The second kappa shape index (κ2) is 6.46. The Hall–Kier alpha value is -2.03. The smallest absolute Gasteiger partial charge is 0.251 e. The molecule has 1 aromatic heterocycles. The molecule has 7 nitrogen and oxygen atoms in total. The van der Waals surface area contributed by atoms with Gasteiger partial charge < -0.3 is 9.72 Å². The molecule has 1 aliphatic heterocycles. The van der Waals surface area contributed by atoms with E-state index in [0.29, 0.717) is 22.0 Å². The van der Waals surface area contributed by atoms with Gasteiger partial charge >= 0.3 is 0 Å². The zero-order valence-electron chi connectivity index (χ0n) is 13.5. The van der Waals surface area contributed by atoms with Crippen LogP contribution < -0.4 is 5.56 Å². The minimum absolute atomic E-state index is 0.132. The molecule has 0 saturated carbocycles. The molecule has 0 amide bonds. The molecule has 1 aliphatic rings. The molecule has 1 aromatic carbocycles. The highest BCUT2D eigenvalue weighted by molar-refractivity contribution is 7.89. The average Bonchev–Trinajstić information content (AvgIpc) is 2.54. The molecule has 128 valence electrons. The van der Waals surface area contributed by atoms with Gasteiger partial charge in [0.2, 0.25) is 10.0 Å². The topological polar surface area (TPSA) is 92.4 Å². The highest BCUT2D eigenvalue weighted by Crippen LogP contribution is 2.26. The van der Waals surface area contributed by atoms with Gasteiger partial charge in [-0.2, -0.15) is 4.31 Å². The molecule has 1 atom stereocenters. The van der Waals surface area contributed by atoms with Crippen molar-refractivity contribution in [2.75, 3.05) is 19.7 Å². The molecule has 0 bridgehead atoms. The summed E-state index contributed by atoms with van der Waals surface area (Å²) in [5.74, 6) is 0.472. The van der Waals surface area contributed by atoms with Gasteiger partial charge in [0.15, 0.2) is 0 Å². The summed E-state index contributed by atoms with van der Waals surface area (Å²) in [7, 11) is -3.61. The molecular formula is C16H19N3O4S. The first-order valence-electron chi connectivity index (χ1n) is 7.63. The van der Waals surface area contributed by atoms with Crippen LogP contribution in [0.5, 0.6) is 0 Å². The molecule has 1 N–H and O–H groups in total. The third-order valence-electron chi connectivity index (χ3n) is 3.95. The molecule has 1 fully saturated rings. The van der Waals surface area contributed by atoms with Crippen LogP contribution in [0, 0.1) is 13.8 Å². The normalized spacial score (nSPS) is 19.3. The highest BCUT2D eigenvalue weighted by Gasteiger charge is 2.33. The standard InChI is InChI=1S/C16H19N3O4S/c1-11-5-3-4-6-15(11)24(21,22)19-7-8-23-14(10-19)13-9-16(20)18-12(2)17-13/h3-6,9,14H,7-8,10H2,1-2H3,(H,17,18,20)/t14-/m0/s1. The molecule has 0 unspecified atom stereocenters. The van der Waals surface area contributed by atoms with Crippen LogP contribution in [0.25, 0.3) is 0 Å². The van der Waals surface area contributed by atoms with Crippen LogP contribution in [0.1, 0.15) is 23.2 Å². The summed E-state index contributed by atoms with van der Waals surface area (Å²) in [4.78, 5) is 18.7. The lowest BCUT2D eigenvalue weighted by atomic mass is 10.2. The van der Waals surface area contributed by atoms with Gasteiger partial charge in [0.05, 0.1) is 17.2 Å². The number of hydrogen-bond acceptors (Lipinski definition) is 5. The number of nitrogens with one attached hydrogen (secondary N) is 1. The third-order valence-corrected chi connectivity index (χ3v) is 5.98. The minimum Gasteiger partial charge on any atom is -0.369 e. The summed E-state index contributed by atoms with van der Waals surface area (Å²) in [5.41, 5.74) is 0.867. The number of morpholine rings is 1. The van der Waals surface area contributed by atoms with Gasteiger partial charge in [0, 0.05) is 19.2 Å². The van der Waals surface area contributed by atoms with Crippen LogP contribution >= 0.6 is 0 Å². The van der Waals surface area contributed by atoms with E-state index in [4.69, 9.17) is 4.74 Å². The van der Waals surface area contributed by atoms with E-state index in [2.05, 4.69) is 9.97 Å². The maximum Gasteiger partial charge on any atom is 0.251 e. The highest BCUT2D eigenvalue weighted by atomic mass is 32.2. The zero-order valence-corrected chi connectivity index (χ0v) is 14.3. The lowest BCUT2D eigenvalue weighted by Crippen LogP contribution is -2.42. The van der Waals surface area contributed by atoms with Gasteiger partial charge in [-0.1, -0.05) is 18.2 Å². The quantitative estimate of drug-likeness (QED) is 0.897. The van der Waals surface area contributed by atoms with Gasteiger partial charge in [-0.05, 0) is 25.5 Å². The largest absolute Gasteiger partial charge is 0.369 e. The second-order valence-corrected chi connectivity index (χ2v) is 7.65. The van der Waals surface area contributed by atoms with Crippen molar-refractivity contribution in [1.82, 2.24) is 14.3 Å². The minimum atomic E-state index is -3.61. The van der Waals surface area contributed by atoms with Crippen molar-refractivity contribution in [3.63, 3.8) is 0 Å². The van der Waals surface area contributed by atoms with Gasteiger partial charge in [-0.15, -0.1) is 0 Å². The van der Waals surface area contributed by atoms with Crippen LogP contribution in [0.2, 0.25) is 0 Å². The Morgan fingerprint density at radius 3 is 2.75 bits per heavy atom. The average molecular weight is 349 g/mol. The number of ether oxygens (including phenoxy) is 1. The molecule has 0 spiro atoms. The SMILES string of the molecule is Cc1nc([C@@H]2CN(S(=O)(=O)c3ccccc3C)CCO2)cc(=O)[nH]1. The number of aryl methyl sites for hydroxylation is 2. The number of sulfonamides is 1.